The van der Waals surface area contributed by atoms with Gasteiger partial charge in [-0.15, -0.1) is 0 Å². The summed E-state index contributed by atoms with van der Waals surface area (Å²) in [5.41, 5.74) is 1.43. The first-order valence-electron chi connectivity index (χ1n) is 7.15. The molecule has 2 aromatic rings. The highest BCUT2D eigenvalue weighted by atomic mass is 35.5. The predicted octanol–water partition coefficient (Wildman–Crippen LogP) is 4.73. The third kappa shape index (κ3) is 5.28. The largest absolute Gasteiger partial charge is 0.495 e. The Labute approximate surface area is 156 Å². The molecular weight excluding hydrogens is 371 g/mol. The minimum absolute atomic E-state index is 0.178. The molecule has 0 aliphatic rings. The highest BCUT2D eigenvalue weighted by molar-refractivity contribution is 6.35. The molecule has 128 valence electrons. The van der Waals surface area contributed by atoms with Gasteiger partial charge in [0.15, 0.2) is 0 Å². The molecule has 0 aliphatic carbocycles. The Morgan fingerprint density at radius 1 is 1.12 bits per heavy atom. The number of anilines is 1. The van der Waals surface area contributed by atoms with Crippen molar-refractivity contribution in [2.24, 2.45) is 0 Å². The molecule has 24 heavy (non-hydrogen) atoms. The van der Waals surface area contributed by atoms with Crippen molar-refractivity contribution in [3.8, 4) is 5.75 Å². The number of amides is 1. The number of benzene rings is 2. The topological polar surface area (TPSA) is 41.6 Å². The molecule has 0 heterocycles. The quantitative estimate of drug-likeness (QED) is 0.779. The van der Waals surface area contributed by atoms with Gasteiger partial charge in [0, 0.05) is 21.6 Å². The molecule has 0 spiro atoms. The highest BCUT2D eigenvalue weighted by Gasteiger charge is 2.12. The summed E-state index contributed by atoms with van der Waals surface area (Å²) in [5.74, 6) is 0.374. The van der Waals surface area contributed by atoms with Gasteiger partial charge in [-0.3, -0.25) is 9.69 Å². The number of likely N-dealkylation sites (N-methyl/N-ethyl adjacent to an activating group) is 1. The molecule has 0 aliphatic heterocycles. The molecule has 0 radical (unpaired) electrons. The second-order valence-corrected chi connectivity index (χ2v) is 6.58. The summed E-state index contributed by atoms with van der Waals surface area (Å²) in [6, 6.07) is 10.4. The van der Waals surface area contributed by atoms with Crippen LogP contribution in [0, 0.1) is 0 Å². The maximum Gasteiger partial charge on any atom is 0.238 e. The van der Waals surface area contributed by atoms with Crippen molar-refractivity contribution in [3.05, 3.63) is 57.0 Å². The van der Waals surface area contributed by atoms with E-state index < -0.39 is 0 Å². The van der Waals surface area contributed by atoms with Crippen LogP contribution < -0.4 is 10.1 Å². The summed E-state index contributed by atoms with van der Waals surface area (Å²) in [6.45, 7) is 0.713. The second-order valence-electron chi connectivity index (χ2n) is 5.30. The van der Waals surface area contributed by atoms with Gasteiger partial charge >= 0.3 is 0 Å². The smallest absolute Gasteiger partial charge is 0.238 e. The molecule has 0 bridgehead atoms. The summed E-state index contributed by atoms with van der Waals surface area (Å²) < 4.78 is 5.21. The van der Waals surface area contributed by atoms with Crippen molar-refractivity contribution in [2.45, 2.75) is 6.54 Å². The lowest BCUT2D eigenvalue weighted by atomic mass is 10.2. The standard InChI is InChI=1S/C17H17Cl3N2O2/c1-22(9-11-3-4-12(18)7-14(11)20)10-17(23)21-15-8-13(19)5-6-16(15)24-2/h3-8H,9-10H2,1-2H3,(H,21,23). The molecule has 1 amide bonds. The number of carbonyl (C=O) groups is 1. The normalized spacial score (nSPS) is 10.8. The highest BCUT2D eigenvalue weighted by Crippen LogP contribution is 2.27. The molecule has 0 atom stereocenters. The summed E-state index contributed by atoms with van der Waals surface area (Å²) in [5, 5.41) is 4.48. The molecular formula is C17H17Cl3N2O2. The Bertz CT molecular complexity index is 738. The van der Waals surface area contributed by atoms with E-state index in [0.29, 0.717) is 33.0 Å². The summed E-state index contributed by atoms with van der Waals surface area (Å²) in [6.07, 6.45) is 0. The first-order valence-corrected chi connectivity index (χ1v) is 8.28. The Morgan fingerprint density at radius 3 is 2.46 bits per heavy atom. The molecule has 0 unspecified atom stereocenters. The van der Waals surface area contributed by atoms with Crippen LogP contribution in [0.3, 0.4) is 0 Å². The fourth-order valence-electron chi connectivity index (χ4n) is 2.21. The molecule has 0 saturated heterocycles. The van der Waals surface area contributed by atoms with Gasteiger partial charge in [-0.1, -0.05) is 40.9 Å². The first-order chi connectivity index (χ1) is 11.4. The number of carbonyl (C=O) groups excluding carboxylic acids is 1. The van der Waals surface area contributed by atoms with E-state index in [0.717, 1.165) is 5.56 Å². The first kappa shape index (κ1) is 18.9. The Kier molecular flexibility index (Phi) is 6.75. The molecule has 2 rings (SSSR count). The van der Waals surface area contributed by atoms with E-state index >= 15 is 0 Å². The minimum atomic E-state index is -0.178. The minimum Gasteiger partial charge on any atom is -0.495 e. The third-order valence-corrected chi connectivity index (χ3v) is 4.13. The van der Waals surface area contributed by atoms with Gasteiger partial charge < -0.3 is 10.1 Å². The van der Waals surface area contributed by atoms with E-state index in [9.17, 15) is 4.79 Å². The van der Waals surface area contributed by atoms with Gasteiger partial charge in [0.2, 0.25) is 5.91 Å². The Hall–Kier alpha value is -1.46. The molecule has 7 heteroatoms. The number of nitrogens with zero attached hydrogens (tertiary/aromatic N) is 1. The van der Waals surface area contributed by atoms with Gasteiger partial charge in [-0.2, -0.15) is 0 Å². The maximum atomic E-state index is 12.2. The van der Waals surface area contributed by atoms with Crippen LogP contribution >= 0.6 is 34.8 Å². The van der Waals surface area contributed by atoms with Gasteiger partial charge in [0.25, 0.3) is 0 Å². The van der Waals surface area contributed by atoms with Crippen molar-refractivity contribution in [1.29, 1.82) is 0 Å². The van der Waals surface area contributed by atoms with E-state index in [-0.39, 0.29) is 12.5 Å². The zero-order valence-corrected chi connectivity index (χ0v) is 15.5. The van der Waals surface area contributed by atoms with Crippen LogP contribution in [-0.4, -0.2) is 31.5 Å². The number of halogens is 3. The van der Waals surface area contributed by atoms with Crippen LogP contribution in [0.25, 0.3) is 0 Å². The van der Waals surface area contributed by atoms with Crippen LogP contribution in [0.5, 0.6) is 5.75 Å². The molecule has 0 fully saturated rings. The number of nitrogens with one attached hydrogen (secondary N) is 1. The summed E-state index contributed by atoms with van der Waals surface area (Å²) >= 11 is 18.0. The summed E-state index contributed by atoms with van der Waals surface area (Å²) in [7, 11) is 3.37. The van der Waals surface area contributed by atoms with Gasteiger partial charge in [-0.25, -0.2) is 0 Å². The summed E-state index contributed by atoms with van der Waals surface area (Å²) in [4.78, 5) is 14.1. The average molecular weight is 388 g/mol. The van der Waals surface area contributed by atoms with Gasteiger partial charge in [0.1, 0.15) is 5.75 Å². The van der Waals surface area contributed by atoms with Crippen molar-refractivity contribution in [1.82, 2.24) is 4.90 Å². The fourth-order valence-corrected chi connectivity index (χ4v) is 2.85. The average Bonchev–Trinajstić information content (AvgIpc) is 2.50. The lowest BCUT2D eigenvalue weighted by molar-refractivity contribution is -0.117. The van der Waals surface area contributed by atoms with Crippen molar-refractivity contribution in [2.75, 3.05) is 26.0 Å². The fraction of sp³-hybridized carbons (Fsp3) is 0.235. The lowest BCUT2D eigenvalue weighted by Gasteiger charge is -2.18. The predicted molar refractivity (Wildman–Crippen MR) is 99.4 cm³/mol. The van der Waals surface area contributed by atoms with Crippen molar-refractivity contribution < 1.29 is 9.53 Å². The molecule has 1 N–H and O–H groups in total. The molecule has 2 aromatic carbocycles. The van der Waals surface area contributed by atoms with E-state index in [1.54, 1.807) is 30.3 Å². The number of hydrogen-bond acceptors (Lipinski definition) is 3. The van der Waals surface area contributed by atoms with Gasteiger partial charge in [0.05, 0.1) is 19.3 Å². The molecule has 0 aromatic heterocycles. The number of hydrogen-bond donors (Lipinski definition) is 1. The van der Waals surface area contributed by atoms with Crippen LogP contribution in [0.2, 0.25) is 15.1 Å². The second kappa shape index (κ2) is 8.58. The van der Waals surface area contributed by atoms with E-state index in [2.05, 4.69) is 5.32 Å². The number of ether oxygens (including phenoxy) is 1. The lowest BCUT2D eigenvalue weighted by Crippen LogP contribution is -2.30. The van der Waals surface area contributed by atoms with E-state index in [4.69, 9.17) is 39.5 Å². The van der Waals surface area contributed by atoms with Crippen LogP contribution in [0.1, 0.15) is 5.56 Å². The monoisotopic (exact) mass is 386 g/mol. The Balaban J connectivity index is 1.98. The van der Waals surface area contributed by atoms with Crippen LogP contribution in [0.15, 0.2) is 36.4 Å². The Morgan fingerprint density at radius 2 is 1.79 bits per heavy atom. The number of rotatable bonds is 6. The third-order valence-electron chi connectivity index (χ3n) is 3.30. The van der Waals surface area contributed by atoms with Gasteiger partial charge in [-0.05, 0) is 42.9 Å². The van der Waals surface area contributed by atoms with Crippen LogP contribution in [-0.2, 0) is 11.3 Å². The maximum absolute atomic E-state index is 12.2. The number of methoxy groups -OCH3 is 1. The van der Waals surface area contributed by atoms with Crippen molar-refractivity contribution >= 4 is 46.4 Å². The van der Waals surface area contributed by atoms with Crippen LogP contribution in [0.4, 0.5) is 5.69 Å². The van der Waals surface area contributed by atoms with E-state index in [1.165, 1.54) is 7.11 Å². The van der Waals surface area contributed by atoms with E-state index in [1.807, 2.05) is 18.0 Å². The molecule has 4 nitrogen and oxygen atoms in total. The SMILES string of the molecule is COc1ccc(Cl)cc1NC(=O)CN(C)Cc1ccc(Cl)cc1Cl. The molecule has 0 saturated carbocycles. The zero-order valence-electron chi connectivity index (χ0n) is 13.3. The van der Waals surface area contributed by atoms with Crippen molar-refractivity contribution in [3.63, 3.8) is 0 Å². The zero-order chi connectivity index (χ0) is 17.7.